The molecule has 0 saturated carbocycles. The van der Waals surface area contributed by atoms with Crippen molar-refractivity contribution in [1.29, 1.82) is 0 Å². The van der Waals surface area contributed by atoms with Crippen LogP contribution in [-0.4, -0.2) is 18.5 Å². The Morgan fingerprint density at radius 1 is 0.700 bits per heavy atom. The molecular formula is C26H34O4. The van der Waals surface area contributed by atoms with Gasteiger partial charge in [0, 0.05) is 18.4 Å². The van der Waals surface area contributed by atoms with Gasteiger partial charge in [0.25, 0.3) is 0 Å². The van der Waals surface area contributed by atoms with E-state index in [1.165, 1.54) is 25.7 Å². The predicted molar refractivity (Wildman–Crippen MR) is 120 cm³/mol. The number of hydrogen-bond donors (Lipinski definition) is 0. The van der Waals surface area contributed by atoms with Crippen LogP contribution >= 0.6 is 0 Å². The zero-order valence-electron chi connectivity index (χ0n) is 18.1. The summed E-state index contributed by atoms with van der Waals surface area (Å²) < 4.78 is 10.8. The Morgan fingerprint density at radius 2 is 1.33 bits per heavy atom. The van der Waals surface area contributed by atoms with Gasteiger partial charge in [0.2, 0.25) is 0 Å². The molecule has 0 bridgehead atoms. The summed E-state index contributed by atoms with van der Waals surface area (Å²) in [7, 11) is 0. The lowest BCUT2D eigenvalue weighted by Gasteiger charge is -2.10. The molecule has 0 spiro atoms. The Labute approximate surface area is 180 Å². The maximum Gasteiger partial charge on any atom is 0.311 e. The van der Waals surface area contributed by atoms with Gasteiger partial charge >= 0.3 is 11.9 Å². The average molecular weight is 411 g/mol. The molecule has 162 valence electrons. The molecule has 0 amide bonds. The largest absolute Gasteiger partial charge is 0.466 e. The van der Waals surface area contributed by atoms with Gasteiger partial charge in [-0.05, 0) is 30.9 Å². The molecule has 30 heavy (non-hydrogen) atoms. The quantitative estimate of drug-likeness (QED) is 0.197. The number of ether oxygens (including phenoxy) is 2. The van der Waals surface area contributed by atoms with Gasteiger partial charge in [0.1, 0.15) is 5.75 Å². The maximum atomic E-state index is 12.2. The second-order valence-corrected chi connectivity index (χ2v) is 7.53. The van der Waals surface area contributed by atoms with Crippen LogP contribution in [0, 0.1) is 0 Å². The van der Waals surface area contributed by atoms with Crippen molar-refractivity contribution in [3.8, 4) is 16.9 Å². The molecule has 0 aromatic heterocycles. The first-order chi connectivity index (χ1) is 14.7. The van der Waals surface area contributed by atoms with Crippen LogP contribution in [0.2, 0.25) is 0 Å². The fraction of sp³-hybridized carbons (Fsp3) is 0.462. The van der Waals surface area contributed by atoms with E-state index < -0.39 is 0 Å². The van der Waals surface area contributed by atoms with Gasteiger partial charge in [0.15, 0.2) is 0 Å². The highest BCUT2D eigenvalue weighted by Gasteiger charge is 2.11. The molecule has 0 unspecified atom stereocenters. The molecule has 0 N–H and O–H groups in total. The fourth-order valence-corrected chi connectivity index (χ4v) is 3.26. The van der Waals surface area contributed by atoms with E-state index >= 15 is 0 Å². The number of carbonyl (C=O) groups is 2. The van der Waals surface area contributed by atoms with Gasteiger partial charge in [-0.2, -0.15) is 0 Å². The molecular weight excluding hydrogens is 376 g/mol. The van der Waals surface area contributed by atoms with E-state index in [0.717, 1.165) is 24.0 Å². The van der Waals surface area contributed by atoms with Crippen molar-refractivity contribution in [2.45, 2.75) is 71.1 Å². The fourth-order valence-electron chi connectivity index (χ4n) is 3.26. The summed E-state index contributed by atoms with van der Waals surface area (Å²) in [5.74, 6) is 0.109. The second kappa shape index (κ2) is 14.4. The summed E-state index contributed by atoms with van der Waals surface area (Å²) in [6.07, 6.45) is 8.91. The number of esters is 2. The van der Waals surface area contributed by atoms with E-state index in [1.807, 2.05) is 48.5 Å². The SMILES string of the molecule is CCCCCCCCOC(=O)CCCCC(=O)Oc1ccccc1-c1ccccc1. The van der Waals surface area contributed by atoms with Crippen LogP contribution in [0.25, 0.3) is 11.1 Å². The van der Waals surface area contributed by atoms with Gasteiger partial charge < -0.3 is 9.47 Å². The first-order valence-corrected chi connectivity index (χ1v) is 11.2. The van der Waals surface area contributed by atoms with Crippen LogP contribution in [0.3, 0.4) is 0 Å². The minimum Gasteiger partial charge on any atom is -0.466 e. The lowest BCUT2D eigenvalue weighted by molar-refractivity contribution is -0.144. The zero-order valence-corrected chi connectivity index (χ0v) is 18.1. The molecule has 4 nitrogen and oxygen atoms in total. The van der Waals surface area contributed by atoms with Gasteiger partial charge in [-0.3, -0.25) is 9.59 Å². The third-order valence-electron chi connectivity index (χ3n) is 4.97. The number of carbonyl (C=O) groups excluding carboxylic acids is 2. The molecule has 2 aromatic carbocycles. The van der Waals surface area contributed by atoms with Gasteiger partial charge in [-0.25, -0.2) is 0 Å². The third-order valence-corrected chi connectivity index (χ3v) is 4.97. The van der Waals surface area contributed by atoms with Crippen molar-refractivity contribution in [2.75, 3.05) is 6.61 Å². The van der Waals surface area contributed by atoms with Crippen molar-refractivity contribution in [3.63, 3.8) is 0 Å². The van der Waals surface area contributed by atoms with Crippen LogP contribution < -0.4 is 4.74 Å². The van der Waals surface area contributed by atoms with E-state index in [2.05, 4.69) is 6.92 Å². The van der Waals surface area contributed by atoms with Crippen LogP contribution in [0.5, 0.6) is 5.75 Å². The molecule has 0 aliphatic rings. The van der Waals surface area contributed by atoms with Gasteiger partial charge in [-0.15, -0.1) is 0 Å². The zero-order chi connectivity index (χ0) is 21.4. The second-order valence-electron chi connectivity index (χ2n) is 7.53. The minimum atomic E-state index is -0.279. The van der Waals surface area contributed by atoms with Crippen LogP contribution in [0.15, 0.2) is 54.6 Å². The lowest BCUT2D eigenvalue weighted by Crippen LogP contribution is -2.09. The molecule has 4 heteroatoms. The number of unbranched alkanes of at least 4 members (excludes halogenated alkanes) is 6. The third kappa shape index (κ3) is 9.25. The van der Waals surface area contributed by atoms with E-state index in [9.17, 15) is 9.59 Å². The Balaban J connectivity index is 1.62. The van der Waals surface area contributed by atoms with E-state index in [1.54, 1.807) is 6.07 Å². The highest BCUT2D eigenvalue weighted by molar-refractivity contribution is 5.78. The highest BCUT2D eigenvalue weighted by Crippen LogP contribution is 2.29. The number of rotatable bonds is 14. The first kappa shape index (κ1) is 23.7. The van der Waals surface area contributed by atoms with Crippen LogP contribution in [0.1, 0.15) is 71.1 Å². The Morgan fingerprint density at radius 3 is 2.10 bits per heavy atom. The summed E-state index contributed by atoms with van der Waals surface area (Å²) in [4.78, 5) is 24.0. The highest BCUT2D eigenvalue weighted by atomic mass is 16.5. The summed E-state index contributed by atoms with van der Waals surface area (Å²) >= 11 is 0. The topological polar surface area (TPSA) is 52.6 Å². The maximum absolute atomic E-state index is 12.2. The smallest absolute Gasteiger partial charge is 0.311 e. The van der Waals surface area contributed by atoms with Crippen molar-refractivity contribution >= 4 is 11.9 Å². The molecule has 0 radical (unpaired) electrons. The molecule has 2 rings (SSSR count). The summed E-state index contributed by atoms with van der Waals surface area (Å²) in [6.45, 7) is 2.70. The summed E-state index contributed by atoms with van der Waals surface area (Å²) in [5, 5.41) is 0. The first-order valence-electron chi connectivity index (χ1n) is 11.2. The Bertz CT molecular complexity index is 755. The Kier molecular flexibility index (Phi) is 11.3. The standard InChI is InChI=1S/C26H34O4/c1-2-3-4-5-6-14-21-29-25(27)19-12-13-20-26(28)30-24-18-11-10-17-23(24)22-15-8-7-9-16-22/h7-11,15-18H,2-6,12-14,19-21H2,1H3. The van der Waals surface area contributed by atoms with E-state index in [-0.39, 0.29) is 18.4 Å². The Hall–Kier alpha value is -2.62. The molecule has 0 saturated heterocycles. The predicted octanol–water partition coefficient (Wildman–Crippen LogP) is 6.72. The molecule has 0 fully saturated rings. The van der Waals surface area contributed by atoms with Crippen LogP contribution in [-0.2, 0) is 14.3 Å². The molecule has 2 aromatic rings. The van der Waals surface area contributed by atoms with E-state index in [0.29, 0.717) is 31.6 Å². The normalized spacial score (nSPS) is 10.6. The molecule has 0 aliphatic carbocycles. The van der Waals surface area contributed by atoms with Crippen molar-refractivity contribution in [3.05, 3.63) is 54.6 Å². The minimum absolute atomic E-state index is 0.175. The van der Waals surface area contributed by atoms with Crippen molar-refractivity contribution < 1.29 is 19.1 Å². The van der Waals surface area contributed by atoms with Gasteiger partial charge in [-0.1, -0.05) is 87.6 Å². The summed E-state index contributed by atoms with van der Waals surface area (Å²) in [5.41, 5.74) is 1.90. The lowest BCUT2D eigenvalue weighted by atomic mass is 10.0. The van der Waals surface area contributed by atoms with Crippen molar-refractivity contribution in [2.24, 2.45) is 0 Å². The van der Waals surface area contributed by atoms with E-state index in [4.69, 9.17) is 9.47 Å². The number of benzene rings is 2. The molecule has 0 heterocycles. The van der Waals surface area contributed by atoms with Crippen molar-refractivity contribution in [1.82, 2.24) is 0 Å². The average Bonchev–Trinajstić information content (AvgIpc) is 2.77. The number of hydrogen-bond acceptors (Lipinski definition) is 4. The number of para-hydroxylation sites is 1. The van der Waals surface area contributed by atoms with Crippen LogP contribution in [0.4, 0.5) is 0 Å². The summed E-state index contributed by atoms with van der Waals surface area (Å²) in [6, 6.07) is 17.4. The molecule has 0 aliphatic heterocycles. The molecule has 0 atom stereocenters. The van der Waals surface area contributed by atoms with Gasteiger partial charge in [0.05, 0.1) is 6.61 Å². The monoisotopic (exact) mass is 410 g/mol.